The Hall–Kier alpha value is -0.610. The maximum absolute atomic E-state index is 11.4. The summed E-state index contributed by atoms with van der Waals surface area (Å²) < 4.78 is 0. The van der Waals surface area contributed by atoms with Gasteiger partial charge < -0.3 is 10.0 Å². The molecule has 106 valence electrons. The summed E-state index contributed by atoms with van der Waals surface area (Å²) >= 11 is 0. The van der Waals surface area contributed by atoms with Crippen LogP contribution in [0.1, 0.15) is 53.4 Å². The SMILES string of the molecule is CCC(C)N(CC)CCC(C)(NC1CC1)C(=O)O. The van der Waals surface area contributed by atoms with Crippen molar-refractivity contribution in [3.05, 3.63) is 0 Å². The van der Waals surface area contributed by atoms with Gasteiger partial charge in [-0.3, -0.25) is 10.1 Å². The third-order valence-corrected chi connectivity index (χ3v) is 4.09. The van der Waals surface area contributed by atoms with Gasteiger partial charge in [0, 0.05) is 18.6 Å². The Bertz CT molecular complexity index is 279. The van der Waals surface area contributed by atoms with Gasteiger partial charge in [-0.15, -0.1) is 0 Å². The summed E-state index contributed by atoms with van der Waals surface area (Å²) in [5.41, 5.74) is -0.776. The van der Waals surface area contributed by atoms with E-state index < -0.39 is 11.5 Å². The van der Waals surface area contributed by atoms with E-state index in [1.165, 1.54) is 0 Å². The second-order valence-corrected chi connectivity index (χ2v) is 5.69. The minimum atomic E-state index is -0.776. The number of carboxylic acids is 1. The van der Waals surface area contributed by atoms with Gasteiger partial charge in [-0.2, -0.15) is 0 Å². The fraction of sp³-hybridized carbons (Fsp3) is 0.929. The minimum absolute atomic E-state index is 0.421. The van der Waals surface area contributed by atoms with E-state index in [1.54, 1.807) is 0 Å². The number of nitrogens with one attached hydrogen (secondary N) is 1. The molecule has 1 aliphatic rings. The van der Waals surface area contributed by atoms with Gasteiger partial charge in [0.15, 0.2) is 0 Å². The zero-order chi connectivity index (χ0) is 13.8. The molecule has 0 saturated heterocycles. The number of hydrogen-bond donors (Lipinski definition) is 2. The Labute approximate surface area is 111 Å². The molecule has 0 aromatic heterocycles. The summed E-state index contributed by atoms with van der Waals surface area (Å²) in [7, 11) is 0. The first-order valence-electron chi connectivity index (χ1n) is 7.18. The molecule has 0 amide bonds. The molecule has 4 nitrogen and oxygen atoms in total. The Morgan fingerprint density at radius 3 is 2.50 bits per heavy atom. The van der Waals surface area contributed by atoms with Crippen LogP contribution in [0.25, 0.3) is 0 Å². The number of carboxylic acid groups (broad SMARTS) is 1. The molecule has 0 spiro atoms. The molecule has 18 heavy (non-hydrogen) atoms. The summed E-state index contributed by atoms with van der Waals surface area (Å²) in [6, 6.07) is 0.943. The molecule has 0 bridgehead atoms. The zero-order valence-corrected chi connectivity index (χ0v) is 12.2. The van der Waals surface area contributed by atoms with Crippen LogP contribution in [0, 0.1) is 0 Å². The van der Waals surface area contributed by atoms with Crippen molar-refractivity contribution in [2.75, 3.05) is 13.1 Å². The lowest BCUT2D eigenvalue weighted by Gasteiger charge is -2.32. The van der Waals surface area contributed by atoms with Crippen molar-refractivity contribution in [1.82, 2.24) is 10.2 Å². The fourth-order valence-electron chi connectivity index (χ4n) is 2.23. The highest BCUT2D eigenvalue weighted by molar-refractivity contribution is 5.78. The third kappa shape index (κ3) is 4.25. The second-order valence-electron chi connectivity index (χ2n) is 5.69. The Morgan fingerprint density at radius 2 is 2.11 bits per heavy atom. The van der Waals surface area contributed by atoms with Gasteiger partial charge >= 0.3 is 5.97 Å². The van der Waals surface area contributed by atoms with E-state index in [0.717, 1.165) is 32.4 Å². The average Bonchev–Trinajstić information content (AvgIpc) is 3.12. The van der Waals surface area contributed by atoms with Crippen molar-refractivity contribution < 1.29 is 9.90 Å². The van der Waals surface area contributed by atoms with E-state index in [0.29, 0.717) is 18.5 Å². The number of aliphatic carboxylic acids is 1. The summed E-state index contributed by atoms with van der Waals surface area (Å²) in [5, 5.41) is 12.7. The number of rotatable bonds is 9. The van der Waals surface area contributed by atoms with Crippen LogP contribution in [0.15, 0.2) is 0 Å². The smallest absolute Gasteiger partial charge is 0.323 e. The van der Waals surface area contributed by atoms with E-state index in [2.05, 4.69) is 31.0 Å². The highest BCUT2D eigenvalue weighted by Crippen LogP contribution is 2.24. The molecule has 0 heterocycles. The van der Waals surface area contributed by atoms with E-state index >= 15 is 0 Å². The van der Waals surface area contributed by atoms with Crippen molar-refractivity contribution in [1.29, 1.82) is 0 Å². The molecule has 0 aliphatic heterocycles. The van der Waals surface area contributed by atoms with Crippen LogP contribution < -0.4 is 5.32 Å². The van der Waals surface area contributed by atoms with Gasteiger partial charge in [-0.25, -0.2) is 0 Å². The van der Waals surface area contributed by atoms with Crippen LogP contribution in [-0.2, 0) is 4.79 Å². The molecular formula is C14H28N2O2. The maximum Gasteiger partial charge on any atom is 0.323 e. The molecule has 4 heteroatoms. The van der Waals surface area contributed by atoms with E-state index in [4.69, 9.17) is 0 Å². The zero-order valence-electron chi connectivity index (χ0n) is 12.2. The van der Waals surface area contributed by atoms with Crippen LogP contribution in [0.2, 0.25) is 0 Å². The molecule has 1 rings (SSSR count). The van der Waals surface area contributed by atoms with Gasteiger partial charge in [-0.1, -0.05) is 13.8 Å². The van der Waals surface area contributed by atoms with Gasteiger partial charge in [0.25, 0.3) is 0 Å². The predicted molar refractivity (Wildman–Crippen MR) is 73.8 cm³/mol. The first-order valence-corrected chi connectivity index (χ1v) is 7.18. The first kappa shape index (κ1) is 15.4. The van der Waals surface area contributed by atoms with Crippen LogP contribution in [0.5, 0.6) is 0 Å². The van der Waals surface area contributed by atoms with E-state index in [9.17, 15) is 9.90 Å². The van der Waals surface area contributed by atoms with Crippen molar-refractivity contribution in [2.24, 2.45) is 0 Å². The quantitative estimate of drug-likeness (QED) is 0.663. The lowest BCUT2D eigenvalue weighted by Crippen LogP contribution is -2.52. The molecular weight excluding hydrogens is 228 g/mol. The monoisotopic (exact) mass is 256 g/mol. The molecule has 2 atom stereocenters. The molecule has 0 aromatic carbocycles. The topological polar surface area (TPSA) is 52.6 Å². The van der Waals surface area contributed by atoms with Crippen LogP contribution in [-0.4, -0.2) is 46.7 Å². The van der Waals surface area contributed by atoms with Gasteiger partial charge in [-0.05, 0) is 46.1 Å². The standard InChI is InChI=1S/C14H28N2O2/c1-5-11(3)16(6-2)10-9-14(4,13(17)18)15-12-7-8-12/h11-12,15H,5-10H2,1-4H3,(H,17,18). The summed E-state index contributed by atoms with van der Waals surface area (Å²) in [4.78, 5) is 13.8. The molecule has 2 N–H and O–H groups in total. The summed E-state index contributed by atoms with van der Waals surface area (Å²) in [5.74, 6) is -0.727. The third-order valence-electron chi connectivity index (χ3n) is 4.09. The molecule has 0 radical (unpaired) electrons. The molecule has 0 aromatic rings. The van der Waals surface area contributed by atoms with Gasteiger partial charge in [0.2, 0.25) is 0 Å². The normalized spacial score (nSPS) is 20.7. The van der Waals surface area contributed by atoms with Crippen molar-refractivity contribution >= 4 is 5.97 Å². The summed E-state index contributed by atoms with van der Waals surface area (Å²) in [6.45, 7) is 10.2. The first-order chi connectivity index (χ1) is 8.42. The largest absolute Gasteiger partial charge is 0.480 e. The molecule has 1 saturated carbocycles. The second kappa shape index (κ2) is 6.53. The van der Waals surface area contributed by atoms with Crippen molar-refractivity contribution in [2.45, 2.75) is 71.0 Å². The number of carbonyl (C=O) groups is 1. The Balaban J connectivity index is 2.52. The highest BCUT2D eigenvalue weighted by Gasteiger charge is 2.38. The molecule has 2 unspecified atom stereocenters. The Kier molecular flexibility index (Phi) is 5.60. The van der Waals surface area contributed by atoms with Crippen LogP contribution >= 0.6 is 0 Å². The highest BCUT2D eigenvalue weighted by atomic mass is 16.4. The summed E-state index contributed by atoms with van der Waals surface area (Å²) in [6.07, 6.45) is 4.00. The van der Waals surface area contributed by atoms with E-state index in [1.807, 2.05) is 6.92 Å². The van der Waals surface area contributed by atoms with Crippen molar-refractivity contribution in [3.63, 3.8) is 0 Å². The van der Waals surface area contributed by atoms with Gasteiger partial charge in [0.1, 0.15) is 5.54 Å². The molecule has 1 aliphatic carbocycles. The fourth-order valence-corrected chi connectivity index (χ4v) is 2.23. The Morgan fingerprint density at radius 1 is 1.50 bits per heavy atom. The predicted octanol–water partition coefficient (Wildman–Crippen LogP) is 2.09. The van der Waals surface area contributed by atoms with E-state index in [-0.39, 0.29) is 0 Å². The maximum atomic E-state index is 11.4. The lowest BCUT2D eigenvalue weighted by molar-refractivity contribution is -0.144. The number of nitrogens with zero attached hydrogens (tertiary/aromatic N) is 1. The van der Waals surface area contributed by atoms with Crippen LogP contribution in [0.4, 0.5) is 0 Å². The average molecular weight is 256 g/mol. The van der Waals surface area contributed by atoms with Crippen LogP contribution in [0.3, 0.4) is 0 Å². The van der Waals surface area contributed by atoms with Gasteiger partial charge in [0.05, 0.1) is 0 Å². The minimum Gasteiger partial charge on any atom is -0.480 e. The lowest BCUT2D eigenvalue weighted by atomic mass is 9.97. The number of hydrogen-bond acceptors (Lipinski definition) is 3. The van der Waals surface area contributed by atoms with Crippen molar-refractivity contribution in [3.8, 4) is 0 Å². The molecule has 1 fully saturated rings.